The first-order valence-corrected chi connectivity index (χ1v) is 8.02. The maximum absolute atomic E-state index is 12.1. The summed E-state index contributed by atoms with van der Waals surface area (Å²) < 4.78 is 27.3. The molecule has 0 unspecified atom stereocenters. The van der Waals surface area contributed by atoms with Gasteiger partial charge in [-0.2, -0.15) is 11.3 Å². The van der Waals surface area contributed by atoms with Crippen LogP contribution in [0.15, 0.2) is 44.4 Å². The molecule has 0 spiro atoms. The topological polar surface area (TPSA) is 46.2 Å². The highest BCUT2D eigenvalue weighted by Crippen LogP contribution is 2.25. The van der Waals surface area contributed by atoms with E-state index in [-0.39, 0.29) is 4.90 Å². The molecule has 90 valence electrons. The van der Waals surface area contributed by atoms with Crippen LogP contribution in [0.5, 0.6) is 0 Å². The molecular formula is C11H10BrNO2S2. The van der Waals surface area contributed by atoms with Crippen molar-refractivity contribution >= 4 is 43.0 Å². The van der Waals surface area contributed by atoms with Gasteiger partial charge in [0.05, 0.1) is 5.69 Å². The molecule has 2 aromatic rings. The van der Waals surface area contributed by atoms with Crippen molar-refractivity contribution in [1.29, 1.82) is 0 Å². The van der Waals surface area contributed by atoms with E-state index in [0.29, 0.717) is 10.2 Å². The number of hydrogen-bond acceptors (Lipinski definition) is 3. The molecule has 6 heteroatoms. The number of aryl methyl sites for hydroxylation is 1. The van der Waals surface area contributed by atoms with E-state index in [4.69, 9.17) is 0 Å². The average molecular weight is 332 g/mol. The Morgan fingerprint density at radius 1 is 1.29 bits per heavy atom. The van der Waals surface area contributed by atoms with Gasteiger partial charge in [0.25, 0.3) is 10.0 Å². The Hall–Kier alpha value is -0.850. The maximum atomic E-state index is 12.1. The third-order valence-corrected chi connectivity index (χ3v) is 5.19. The zero-order valence-electron chi connectivity index (χ0n) is 8.98. The number of benzene rings is 1. The minimum atomic E-state index is -3.52. The second-order valence-corrected chi connectivity index (χ2v) is 6.84. The van der Waals surface area contributed by atoms with Gasteiger partial charge in [0.2, 0.25) is 0 Å². The lowest BCUT2D eigenvalue weighted by Gasteiger charge is -2.08. The molecule has 0 amide bonds. The lowest BCUT2D eigenvalue weighted by Crippen LogP contribution is -2.13. The Morgan fingerprint density at radius 2 is 2.06 bits per heavy atom. The average Bonchev–Trinajstić information content (AvgIpc) is 2.68. The highest BCUT2D eigenvalue weighted by molar-refractivity contribution is 9.10. The number of sulfonamides is 1. The minimum Gasteiger partial charge on any atom is -0.279 e. The van der Waals surface area contributed by atoms with Crippen molar-refractivity contribution in [3.8, 4) is 0 Å². The molecular weight excluding hydrogens is 322 g/mol. The van der Waals surface area contributed by atoms with Crippen LogP contribution in [0.1, 0.15) is 5.56 Å². The van der Waals surface area contributed by atoms with Gasteiger partial charge in [0, 0.05) is 9.85 Å². The fraction of sp³-hybridized carbons (Fsp3) is 0.0909. The van der Waals surface area contributed by atoms with Crippen molar-refractivity contribution in [3.05, 3.63) is 45.1 Å². The molecule has 0 aliphatic rings. The quantitative estimate of drug-likeness (QED) is 0.933. The fourth-order valence-corrected chi connectivity index (χ4v) is 4.26. The van der Waals surface area contributed by atoms with E-state index in [0.717, 1.165) is 5.56 Å². The lowest BCUT2D eigenvalue weighted by atomic mass is 10.2. The molecule has 1 aromatic heterocycles. The highest BCUT2D eigenvalue weighted by atomic mass is 79.9. The summed E-state index contributed by atoms with van der Waals surface area (Å²) in [5.74, 6) is 0. The molecule has 1 aromatic carbocycles. The number of anilines is 1. The Balaban J connectivity index is 2.38. The van der Waals surface area contributed by atoms with Crippen LogP contribution >= 0.6 is 27.3 Å². The van der Waals surface area contributed by atoms with E-state index in [1.54, 1.807) is 29.6 Å². The summed E-state index contributed by atoms with van der Waals surface area (Å²) in [6.07, 6.45) is 0. The van der Waals surface area contributed by atoms with E-state index in [1.807, 2.05) is 12.3 Å². The predicted octanol–water partition coefficient (Wildman–Crippen LogP) is 3.62. The molecule has 0 atom stereocenters. The van der Waals surface area contributed by atoms with Crippen LogP contribution < -0.4 is 4.72 Å². The van der Waals surface area contributed by atoms with Crippen LogP contribution in [0.2, 0.25) is 0 Å². The van der Waals surface area contributed by atoms with Crippen molar-refractivity contribution in [2.24, 2.45) is 0 Å². The highest BCUT2D eigenvalue weighted by Gasteiger charge is 2.17. The van der Waals surface area contributed by atoms with Crippen LogP contribution in [-0.2, 0) is 10.0 Å². The Morgan fingerprint density at radius 3 is 2.65 bits per heavy atom. The molecule has 3 nitrogen and oxygen atoms in total. The number of rotatable bonds is 3. The zero-order valence-corrected chi connectivity index (χ0v) is 12.2. The molecule has 1 heterocycles. The van der Waals surface area contributed by atoms with Crippen molar-refractivity contribution in [3.63, 3.8) is 0 Å². The summed E-state index contributed by atoms with van der Waals surface area (Å²) in [6, 6.07) is 6.87. The number of nitrogens with one attached hydrogen (secondary N) is 1. The second-order valence-electron chi connectivity index (χ2n) is 3.55. The number of halogens is 1. The molecule has 2 rings (SSSR count). The third-order valence-electron chi connectivity index (χ3n) is 2.15. The number of thiophene rings is 1. The van der Waals surface area contributed by atoms with Gasteiger partial charge < -0.3 is 0 Å². The lowest BCUT2D eigenvalue weighted by molar-refractivity contribution is 0.601. The largest absolute Gasteiger partial charge is 0.279 e. The van der Waals surface area contributed by atoms with Gasteiger partial charge in [-0.15, -0.1) is 0 Å². The van der Waals surface area contributed by atoms with Gasteiger partial charge in [-0.1, -0.05) is 6.07 Å². The van der Waals surface area contributed by atoms with Gasteiger partial charge in [0.15, 0.2) is 0 Å². The third kappa shape index (κ3) is 2.88. The monoisotopic (exact) mass is 331 g/mol. The molecule has 0 saturated heterocycles. The van der Waals surface area contributed by atoms with Crippen molar-refractivity contribution in [2.45, 2.75) is 11.8 Å². The Kier molecular flexibility index (Phi) is 3.56. The standard InChI is InChI=1S/C11H10BrNO2S2/c1-8-2-3-11(10(12)6-8)17(14,15)13-9-4-5-16-7-9/h2-7,13H,1H3. The van der Waals surface area contributed by atoms with Gasteiger partial charge in [-0.25, -0.2) is 8.42 Å². The molecule has 0 saturated carbocycles. The summed E-state index contributed by atoms with van der Waals surface area (Å²) in [7, 11) is -3.52. The molecule has 0 bridgehead atoms. The van der Waals surface area contributed by atoms with E-state index in [1.165, 1.54) is 11.3 Å². The zero-order chi connectivity index (χ0) is 12.5. The first-order chi connectivity index (χ1) is 7.99. The maximum Gasteiger partial charge on any atom is 0.263 e. The predicted molar refractivity (Wildman–Crippen MR) is 74.0 cm³/mol. The second kappa shape index (κ2) is 4.80. The van der Waals surface area contributed by atoms with E-state index in [2.05, 4.69) is 20.7 Å². The molecule has 0 radical (unpaired) electrons. The van der Waals surface area contributed by atoms with Gasteiger partial charge in [0.1, 0.15) is 4.90 Å². The van der Waals surface area contributed by atoms with Gasteiger partial charge >= 0.3 is 0 Å². The normalized spacial score (nSPS) is 11.4. The van der Waals surface area contributed by atoms with Gasteiger partial charge in [-0.05, 0) is 52.0 Å². The summed E-state index contributed by atoms with van der Waals surface area (Å²) in [6.45, 7) is 1.91. The molecule has 0 aliphatic heterocycles. The molecule has 1 N–H and O–H groups in total. The van der Waals surface area contributed by atoms with Crippen molar-refractivity contribution < 1.29 is 8.42 Å². The summed E-state index contributed by atoms with van der Waals surface area (Å²) in [4.78, 5) is 0.245. The van der Waals surface area contributed by atoms with Crippen LogP contribution in [0, 0.1) is 6.92 Å². The summed E-state index contributed by atoms with van der Waals surface area (Å²) >= 11 is 4.71. The van der Waals surface area contributed by atoms with Crippen LogP contribution in [-0.4, -0.2) is 8.42 Å². The first kappa shape index (κ1) is 12.6. The van der Waals surface area contributed by atoms with Crippen LogP contribution in [0.3, 0.4) is 0 Å². The summed E-state index contributed by atoms with van der Waals surface area (Å²) in [5.41, 5.74) is 1.59. The molecule has 0 fully saturated rings. The minimum absolute atomic E-state index is 0.245. The first-order valence-electron chi connectivity index (χ1n) is 4.80. The Bertz CT molecular complexity index is 621. The smallest absolute Gasteiger partial charge is 0.263 e. The number of hydrogen-bond donors (Lipinski definition) is 1. The molecule has 17 heavy (non-hydrogen) atoms. The van der Waals surface area contributed by atoms with Crippen molar-refractivity contribution in [2.75, 3.05) is 4.72 Å². The Labute approximate surface area is 113 Å². The van der Waals surface area contributed by atoms with Crippen LogP contribution in [0.25, 0.3) is 0 Å². The molecule has 0 aliphatic carbocycles. The van der Waals surface area contributed by atoms with E-state index in [9.17, 15) is 8.42 Å². The van der Waals surface area contributed by atoms with Crippen LogP contribution in [0.4, 0.5) is 5.69 Å². The van der Waals surface area contributed by atoms with Crippen molar-refractivity contribution in [1.82, 2.24) is 0 Å². The summed E-state index contributed by atoms with van der Waals surface area (Å²) in [5, 5.41) is 3.57. The van der Waals surface area contributed by atoms with E-state index < -0.39 is 10.0 Å². The van der Waals surface area contributed by atoms with E-state index >= 15 is 0 Å². The SMILES string of the molecule is Cc1ccc(S(=O)(=O)Nc2ccsc2)c(Br)c1. The van der Waals surface area contributed by atoms with Gasteiger partial charge in [-0.3, -0.25) is 4.72 Å². The fourth-order valence-electron chi connectivity index (χ4n) is 1.36.